The molecule has 6 nitrogen and oxygen atoms in total. The summed E-state index contributed by atoms with van der Waals surface area (Å²) in [6.07, 6.45) is 0.863. The standard InChI is InChI=1S/C17H23N5O/c1-17(2,3)11-4-6-12(7-5-11)19-16(23)20-15-13-8-9-18-10-14(13)21-22-15/h4-7,18H,8-10H2,1-3H3,(H3,19,20,21,22,23). The Balaban J connectivity index is 1.64. The molecule has 6 heteroatoms. The molecule has 1 aromatic heterocycles. The van der Waals surface area contributed by atoms with Crippen LogP contribution in [0.1, 0.15) is 37.6 Å². The van der Waals surface area contributed by atoms with E-state index in [1.165, 1.54) is 5.56 Å². The van der Waals surface area contributed by atoms with Gasteiger partial charge < -0.3 is 10.6 Å². The molecule has 0 saturated carbocycles. The minimum absolute atomic E-state index is 0.100. The molecule has 0 spiro atoms. The Morgan fingerprint density at radius 2 is 1.91 bits per heavy atom. The van der Waals surface area contributed by atoms with Gasteiger partial charge in [-0.3, -0.25) is 10.4 Å². The van der Waals surface area contributed by atoms with E-state index in [0.29, 0.717) is 5.82 Å². The minimum Gasteiger partial charge on any atom is -0.311 e. The van der Waals surface area contributed by atoms with Gasteiger partial charge in [-0.25, -0.2) is 4.79 Å². The minimum atomic E-state index is -0.277. The first-order valence-corrected chi connectivity index (χ1v) is 7.89. The maximum absolute atomic E-state index is 12.2. The quantitative estimate of drug-likeness (QED) is 0.688. The molecular weight excluding hydrogens is 290 g/mol. The van der Waals surface area contributed by atoms with Gasteiger partial charge in [-0.1, -0.05) is 32.9 Å². The van der Waals surface area contributed by atoms with Gasteiger partial charge in [0, 0.05) is 17.8 Å². The molecule has 0 saturated heterocycles. The van der Waals surface area contributed by atoms with Crippen molar-refractivity contribution < 1.29 is 4.79 Å². The summed E-state index contributed by atoms with van der Waals surface area (Å²) < 4.78 is 0. The number of aromatic nitrogens is 2. The summed E-state index contributed by atoms with van der Waals surface area (Å²) in [5.41, 5.74) is 4.23. The molecule has 0 aliphatic carbocycles. The molecule has 4 N–H and O–H groups in total. The average Bonchev–Trinajstić information content (AvgIpc) is 2.90. The fraction of sp³-hybridized carbons (Fsp3) is 0.412. The first-order valence-electron chi connectivity index (χ1n) is 7.89. The number of H-pyrrole nitrogens is 1. The van der Waals surface area contributed by atoms with Gasteiger partial charge in [-0.2, -0.15) is 5.10 Å². The molecular formula is C17H23N5O. The lowest BCUT2D eigenvalue weighted by Crippen LogP contribution is -2.25. The zero-order valence-corrected chi connectivity index (χ0v) is 13.8. The van der Waals surface area contributed by atoms with Crippen molar-refractivity contribution in [3.05, 3.63) is 41.1 Å². The molecule has 122 valence electrons. The van der Waals surface area contributed by atoms with Crippen molar-refractivity contribution in [2.45, 2.75) is 39.2 Å². The van der Waals surface area contributed by atoms with Crippen molar-refractivity contribution in [2.24, 2.45) is 0 Å². The third kappa shape index (κ3) is 3.53. The zero-order valence-electron chi connectivity index (χ0n) is 13.8. The molecule has 1 aliphatic heterocycles. The molecule has 2 heterocycles. The second-order valence-corrected chi connectivity index (χ2v) is 6.86. The summed E-state index contributed by atoms with van der Waals surface area (Å²) in [4.78, 5) is 12.2. The Kier molecular flexibility index (Phi) is 4.09. The first kappa shape index (κ1) is 15.6. The highest BCUT2D eigenvalue weighted by atomic mass is 16.2. The summed E-state index contributed by atoms with van der Waals surface area (Å²) in [7, 11) is 0. The summed E-state index contributed by atoms with van der Waals surface area (Å²) in [6, 6.07) is 7.64. The van der Waals surface area contributed by atoms with Crippen molar-refractivity contribution in [2.75, 3.05) is 17.2 Å². The van der Waals surface area contributed by atoms with Crippen LogP contribution in [0, 0.1) is 0 Å². The van der Waals surface area contributed by atoms with Crippen molar-refractivity contribution in [3.8, 4) is 0 Å². The number of nitrogens with one attached hydrogen (secondary N) is 4. The van der Waals surface area contributed by atoms with Crippen LogP contribution in [0.2, 0.25) is 0 Å². The van der Waals surface area contributed by atoms with Crippen LogP contribution in [0.25, 0.3) is 0 Å². The number of urea groups is 1. The van der Waals surface area contributed by atoms with E-state index in [1.54, 1.807) is 0 Å². The molecule has 0 bridgehead atoms. The van der Waals surface area contributed by atoms with Crippen molar-refractivity contribution >= 4 is 17.5 Å². The fourth-order valence-electron chi connectivity index (χ4n) is 2.67. The van der Waals surface area contributed by atoms with Crippen LogP contribution in [0.5, 0.6) is 0 Å². The summed E-state index contributed by atoms with van der Waals surface area (Å²) in [5, 5.41) is 16.1. The second kappa shape index (κ2) is 6.04. The summed E-state index contributed by atoms with van der Waals surface area (Å²) in [5.74, 6) is 0.616. The summed E-state index contributed by atoms with van der Waals surface area (Å²) in [6.45, 7) is 8.16. The third-order valence-corrected chi connectivity index (χ3v) is 4.05. The SMILES string of the molecule is CC(C)(C)c1ccc(NC(=O)Nc2n[nH]c3c2CCNC3)cc1. The Hall–Kier alpha value is -2.34. The number of benzene rings is 1. The van der Waals surface area contributed by atoms with Crippen molar-refractivity contribution in [1.29, 1.82) is 0 Å². The van der Waals surface area contributed by atoms with Crippen LogP contribution in [-0.2, 0) is 18.4 Å². The van der Waals surface area contributed by atoms with Gasteiger partial charge in [-0.15, -0.1) is 0 Å². The predicted molar refractivity (Wildman–Crippen MR) is 91.8 cm³/mol. The Morgan fingerprint density at radius 3 is 2.61 bits per heavy atom. The van der Waals surface area contributed by atoms with E-state index < -0.39 is 0 Å². The first-order chi connectivity index (χ1) is 10.9. The number of hydrogen-bond acceptors (Lipinski definition) is 3. The Labute approximate surface area is 136 Å². The lowest BCUT2D eigenvalue weighted by atomic mass is 9.87. The smallest absolute Gasteiger partial charge is 0.311 e. The molecule has 3 rings (SSSR count). The van der Waals surface area contributed by atoms with Gasteiger partial charge >= 0.3 is 6.03 Å². The van der Waals surface area contributed by atoms with Crippen molar-refractivity contribution in [3.63, 3.8) is 0 Å². The van der Waals surface area contributed by atoms with E-state index >= 15 is 0 Å². The van der Waals surface area contributed by atoms with Gasteiger partial charge in [0.2, 0.25) is 0 Å². The van der Waals surface area contributed by atoms with E-state index in [4.69, 9.17) is 0 Å². The molecule has 1 aliphatic rings. The van der Waals surface area contributed by atoms with Crippen LogP contribution in [0.4, 0.5) is 16.3 Å². The highest BCUT2D eigenvalue weighted by Gasteiger charge is 2.18. The van der Waals surface area contributed by atoms with E-state index in [1.807, 2.05) is 24.3 Å². The van der Waals surface area contributed by atoms with Crippen LogP contribution < -0.4 is 16.0 Å². The largest absolute Gasteiger partial charge is 0.324 e. The zero-order chi connectivity index (χ0) is 16.4. The van der Waals surface area contributed by atoms with E-state index in [9.17, 15) is 4.79 Å². The number of carbonyl (C=O) groups is 1. The Morgan fingerprint density at radius 1 is 1.17 bits per heavy atom. The fourth-order valence-corrected chi connectivity index (χ4v) is 2.67. The maximum Gasteiger partial charge on any atom is 0.324 e. The lowest BCUT2D eigenvalue weighted by molar-refractivity contribution is 0.262. The summed E-state index contributed by atoms with van der Waals surface area (Å²) >= 11 is 0. The van der Waals surface area contributed by atoms with Crippen LogP contribution in [0.15, 0.2) is 24.3 Å². The lowest BCUT2D eigenvalue weighted by Gasteiger charge is -2.19. The van der Waals surface area contributed by atoms with Crippen LogP contribution >= 0.6 is 0 Å². The van der Waals surface area contributed by atoms with E-state index in [2.05, 4.69) is 46.9 Å². The van der Waals surface area contributed by atoms with Crippen LogP contribution in [-0.4, -0.2) is 22.8 Å². The third-order valence-electron chi connectivity index (χ3n) is 4.05. The van der Waals surface area contributed by atoms with Gasteiger partial charge in [0.15, 0.2) is 5.82 Å². The number of carbonyl (C=O) groups excluding carboxylic acids is 1. The van der Waals surface area contributed by atoms with Crippen LogP contribution in [0.3, 0.4) is 0 Å². The number of anilines is 2. The highest BCUT2D eigenvalue weighted by molar-refractivity contribution is 5.99. The van der Waals surface area contributed by atoms with Crippen molar-refractivity contribution in [1.82, 2.24) is 15.5 Å². The normalized spacial score (nSPS) is 14.2. The molecule has 0 atom stereocenters. The molecule has 0 fully saturated rings. The molecule has 0 unspecified atom stereocenters. The second-order valence-electron chi connectivity index (χ2n) is 6.86. The van der Waals surface area contributed by atoms with E-state index in [-0.39, 0.29) is 11.4 Å². The van der Waals surface area contributed by atoms with Gasteiger partial charge in [0.25, 0.3) is 0 Å². The maximum atomic E-state index is 12.2. The molecule has 2 amide bonds. The van der Waals surface area contributed by atoms with Gasteiger partial charge in [0.1, 0.15) is 0 Å². The average molecular weight is 313 g/mol. The van der Waals surface area contributed by atoms with Gasteiger partial charge in [0.05, 0.1) is 5.69 Å². The van der Waals surface area contributed by atoms with E-state index in [0.717, 1.165) is 36.5 Å². The number of rotatable bonds is 2. The number of aromatic amines is 1. The number of hydrogen-bond donors (Lipinski definition) is 4. The molecule has 0 radical (unpaired) electrons. The number of nitrogens with zero attached hydrogens (tertiary/aromatic N) is 1. The molecule has 23 heavy (non-hydrogen) atoms. The number of amides is 2. The molecule has 1 aromatic carbocycles. The van der Waals surface area contributed by atoms with Gasteiger partial charge in [-0.05, 0) is 36.1 Å². The molecule has 2 aromatic rings. The monoisotopic (exact) mass is 313 g/mol. The Bertz CT molecular complexity index is 697. The topological polar surface area (TPSA) is 81.8 Å². The predicted octanol–water partition coefficient (Wildman–Crippen LogP) is 3.00. The number of fused-ring (bicyclic) bond motifs is 1. The highest BCUT2D eigenvalue weighted by Crippen LogP contribution is 2.24.